The predicted molar refractivity (Wildman–Crippen MR) is 100 cm³/mol. The summed E-state index contributed by atoms with van der Waals surface area (Å²) in [6.45, 7) is 1.83. The number of rotatable bonds is 3. The van der Waals surface area contributed by atoms with Crippen LogP contribution in [0.15, 0.2) is 24.3 Å². The molecule has 1 N–H and O–H groups in total. The summed E-state index contributed by atoms with van der Waals surface area (Å²) in [6.07, 6.45) is 0.841. The second-order valence-corrected chi connectivity index (χ2v) is 9.44. The molecular formula is C17H22ClN3O4S. The number of piperazine rings is 1. The van der Waals surface area contributed by atoms with Crippen molar-refractivity contribution in [3.63, 3.8) is 0 Å². The van der Waals surface area contributed by atoms with Gasteiger partial charge in [-0.15, -0.1) is 0 Å². The van der Waals surface area contributed by atoms with E-state index in [2.05, 4.69) is 5.32 Å². The summed E-state index contributed by atoms with van der Waals surface area (Å²) in [6, 6.07) is 6.67. The zero-order valence-corrected chi connectivity index (χ0v) is 15.9. The minimum Gasteiger partial charge on any atom is -0.339 e. The highest BCUT2D eigenvalue weighted by atomic mass is 35.5. The molecule has 3 amide bonds. The smallest absolute Gasteiger partial charge is 0.321 e. The average molecular weight is 400 g/mol. The molecule has 1 atom stereocenters. The summed E-state index contributed by atoms with van der Waals surface area (Å²) < 4.78 is 23.0. The number of anilines is 1. The molecule has 2 saturated heterocycles. The van der Waals surface area contributed by atoms with Crippen LogP contribution in [0.4, 0.5) is 10.5 Å². The molecule has 2 fully saturated rings. The number of carbonyl (C=O) groups is 2. The first-order valence-electron chi connectivity index (χ1n) is 8.62. The highest BCUT2D eigenvalue weighted by Gasteiger charge is 2.32. The third-order valence-electron chi connectivity index (χ3n) is 4.81. The summed E-state index contributed by atoms with van der Waals surface area (Å²) in [4.78, 5) is 28.0. The minimum absolute atomic E-state index is 0.0233. The average Bonchev–Trinajstić information content (AvgIpc) is 2.95. The van der Waals surface area contributed by atoms with Crippen LogP contribution in [-0.4, -0.2) is 67.8 Å². The number of nitrogens with zero attached hydrogens (tertiary/aromatic N) is 2. The number of hydrogen-bond acceptors (Lipinski definition) is 4. The molecule has 2 heterocycles. The fourth-order valence-corrected chi connectivity index (χ4v) is 5.29. The zero-order chi connectivity index (χ0) is 18.7. The maximum absolute atomic E-state index is 12.4. The molecule has 0 radical (unpaired) electrons. The van der Waals surface area contributed by atoms with Gasteiger partial charge >= 0.3 is 6.03 Å². The van der Waals surface area contributed by atoms with Crippen LogP contribution in [0.1, 0.15) is 12.8 Å². The molecule has 1 aromatic rings. The second-order valence-electron chi connectivity index (χ2n) is 6.78. The Morgan fingerprint density at radius 3 is 2.27 bits per heavy atom. The van der Waals surface area contributed by atoms with E-state index < -0.39 is 9.84 Å². The first kappa shape index (κ1) is 19.0. The molecule has 0 saturated carbocycles. The van der Waals surface area contributed by atoms with Crippen molar-refractivity contribution in [3.05, 3.63) is 29.3 Å². The van der Waals surface area contributed by atoms with Crippen molar-refractivity contribution in [1.82, 2.24) is 9.80 Å². The topological polar surface area (TPSA) is 86.8 Å². The van der Waals surface area contributed by atoms with Crippen LogP contribution >= 0.6 is 11.6 Å². The molecule has 0 spiro atoms. The highest BCUT2D eigenvalue weighted by Crippen LogP contribution is 2.23. The van der Waals surface area contributed by atoms with Gasteiger partial charge in [-0.1, -0.05) is 11.6 Å². The summed E-state index contributed by atoms with van der Waals surface area (Å²) in [5, 5.41) is 3.41. The van der Waals surface area contributed by atoms with Crippen LogP contribution in [0.3, 0.4) is 0 Å². The van der Waals surface area contributed by atoms with Gasteiger partial charge < -0.3 is 15.1 Å². The van der Waals surface area contributed by atoms with Crippen molar-refractivity contribution in [2.75, 3.05) is 43.0 Å². The van der Waals surface area contributed by atoms with Gasteiger partial charge in [-0.25, -0.2) is 13.2 Å². The fourth-order valence-electron chi connectivity index (χ4n) is 3.30. The Hall–Kier alpha value is -1.80. The quantitative estimate of drug-likeness (QED) is 0.840. The van der Waals surface area contributed by atoms with Gasteiger partial charge in [-0.2, -0.15) is 0 Å². The van der Waals surface area contributed by atoms with E-state index >= 15 is 0 Å². The van der Waals surface area contributed by atoms with Crippen LogP contribution in [0.25, 0.3) is 0 Å². The summed E-state index contributed by atoms with van der Waals surface area (Å²) in [5.41, 5.74) is 0.667. The standard InChI is InChI=1S/C17H22ClN3O4S/c18-14-1-3-15(4-2-14)19-17(23)21-8-6-20(7-9-21)16(22)11-13-5-10-26(24,25)12-13/h1-4,13H,5-12H2,(H,19,23). The number of hydrogen-bond donors (Lipinski definition) is 1. The van der Waals surface area contributed by atoms with Gasteiger partial charge in [0.1, 0.15) is 0 Å². The van der Waals surface area contributed by atoms with Gasteiger partial charge in [0.25, 0.3) is 0 Å². The van der Waals surface area contributed by atoms with Crippen molar-refractivity contribution < 1.29 is 18.0 Å². The lowest BCUT2D eigenvalue weighted by molar-refractivity contribution is -0.133. The third-order valence-corrected chi connectivity index (χ3v) is 6.89. The van der Waals surface area contributed by atoms with E-state index in [1.54, 1.807) is 34.1 Å². The molecule has 142 valence electrons. The summed E-state index contributed by atoms with van der Waals surface area (Å²) >= 11 is 5.83. The van der Waals surface area contributed by atoms with Gasteiger partial charge in [-0.3, -0.25) is 4.79 Å². The van der Waals surface area contributed by atoms with Crippen molar-refractivity contribution in [2.45, 2.75) is 12.8 Å². The van der Waals surface area contributed by atoms with Crippen LogP contribution in [0.2, 0.25) is 5.02 Å². The molecule has 2 aliphatic rings. The summed E-state index contributed by atoms with van der Waals surface area (Å²) in [5.74, 6) is 0.204. The van der Waals surface area contributed by atoms with Crippen LogP contribution in [0, 0.1) is 5.92 Å². The van der Waals surface area contributed by atoms with Crippen LogP contribution < -0.4 is 5.32 Å². The SMILES string of the molecule is O=C(CC1CCS(=O)(=O)C1)N1CCN(C(=O)Nc2ccc(Cl)cc2)CC1. The molecule has 0 aliphatic carbocycles. The lowest BCUT2D eigenvalue weighted by atomic mass is 10.0. The van der Waals surface area contributed by atoms with E-state index in [0.717, 1.165) is 0 Å². The lowest BCUT2D eigenvalue weighted by Crippen LogP contribution is -2.51. The van der Waals surface area contributed by atoms with Crippen molar-refractivity contribution in [1.29, 1.82) is 0 Å². The number of nitrogens with one attached hydrogen (secondary N) is 1. The highest BCUT2D eigenvalue weighted by molar-refractivity contribution is 7.91. The van der Waals surface area contributed by atoms with Gasteiger partial charge in [0.2, 0.25) is 5.91 Å². The second kappa shape index (κ2) is 7.84. The maximum Gasteiger partial charge on any atom is 0.321 e. The molecule has 0 aromatic heterocycles. The largest absolute Gasteiger partial charge is 0.339 e. The van der Waals surface area contributed by atoms with Gasteiger partial charge in [0.05, 0.1) is 11.5 Å². The number of amides is 3. The number of benzene rings is 1. The Bertz CT molecular complexity index is 774. The Kier molecular flexibility index (Phi) is 5.72. The molecule has 1 aromatic carbocycles. The normalized spacial score (nSPS) is 22.3. The van der Waals surface area contributed by atoms with Gasteiger partial charge in [0.15, 0.2) is 9.84 Å². The summed E-state index contributed by atoms with van der Waals surface area (Å²) in [7, 11) is -2.96. The molecule has 26 heavy (non-hydrogen) atoms. The molecule has 7 nitrogen and oxygen atoms in total. The van der Waals surface area contributed by atoms with Gasteiger partial charge in [0, 0.05) is 43.3 Å². The number of carbonyl (C=O) groups excluding carboxylic acids is 2. The van der Waals surface area contributed by atoms with E-state index in [1.807, 2.05) is 0 Å². The van der Waals surface area contributed by atoms with E-state index in [1.165, 1.54) is 0 Å². The first-order valence-corrected chi connectivity index (χ1v) is 10.8. The fraction of sp³-hybridized carbons (Fsp3) is 0.529. The van der Waals surface area contributed by atoms with Gasteiger partial charge in [-0.05, 0) is 36.6 Å². The van der Waals surface area contributed by atoms with Crippen molar-refractivity contribution >= 4 is 39.1 Å². The van der Waals surface area contributed by atoms with E-state index in [4.69, 9.17) is 11.6 Å². The van der Waals surface area contributed by atoms with Crippen LogP contribution in [-0.2, 0) is 14.6 Å². The molecule has 0 bridgehead atoms. The number of urea groups is 1. The molecule has 9 heteroatoms. The third kappa shape index (κ3) is 4.88. The molecule has 3 rings (SSSR count). The van der Waals surface area contributed by atoms with Crippen molar-refractivity contribution in [3.8, 4) is 0 Å². The van der Waals surface area contributed by atoms with E-state index in [-0.39, 0.29) is 35.8 Å². The maximum atomic E-state index is 12.4. The predicted octanol–water partition coefficient (Wildman–Crippen LogP) is 1.84. The van der Waals surface area contributed by atoms with E-state index in [9.17, 15) is 18.0 Å². The monoisotopic (exact) mass is 399 g/mol. The van der Waals surface area contributed by atoms with Crippen molar-refractivity contribution in [2.24, 2.45) is 5.92 Å². The first-order chi connectivity index (χ1) is 12.3. The Morgan fingerprint density at radius 1 is 1.08 bits per heavy atom. The lowest BCUT2D eigenvalue weighted by Gasteiger charge is -2.35. The zero-order valence-electron chi connectivity index (χ0n) is 14.4. The minimum atomic E-state index is -2.96. The molecule has 2 aliphatic heterocycles. The number of sulfone groups is 1. The van der Waals surface area contributed by atoms with Crippen LogP contribution in [0.5, 0.6) is 0 Å². The molecule has 1 unspecified atom stereocenters. The Labute approximate surface area is 158 Å². The Balaban J connectivity index is 1.45. The Morgan fingerprint density at radius 2 is 1.69 bits per heavy atom. The van der Waals surface area contributed by atoms with E-state index in [0.29, 0.717) is 43.3 Å². The molecular weight excluding hydrogens is 378 g/mol. The number of halogens is 1.